The van der Waals surface area contributed by atoms with Crippen LogP contribution >= 0.6 is 11.3 Å². The number of thiazole rings is 1. The number of aromatic nitrogens is 1. The van der Waals surface area contributed by atoms with E-state index in [0.717, 1.165) is 23.3 Å². The lowest BCUT2D eigenvalue weighted by Gasteiger charge is -2.07. The first kappa shape index (κ1) is 22.5. The van der Waals surface area contributed by atoms with Crippen LogP contribution in [-0.4, -0.2) is 38.4 Å². The molecule has 8 nitrogen and oxygen atoms in total. The largest absolute Gasteiger partial charge is 0.455 e. The third kappa shape index (κ3) is 6.41. The van der Waals surface area contributed by atoms with Gasteiger partial charge in [0.1, 0.15) is 12.4 Å². The third-order valence-corrected chi connectivity index (χ3v) is 6.13. The summed E-state index contributed by atoms with van der Waals surface area (Å²) in [4.78, 5) is 27.7. The molecule has 3 rings (SSSR count). The number of benzene rings is 2. The molecule has 0 atom stereocenters. The summed E-state index contributed by atoms with van der Waals surface area (Å²) in [5, 5.41) is 4.64. The van der Waals surface area contributed by atoms with Gasteiger partial charge in [0, 0.05) is 10.9 Å². The summed E-state index contributed by atoms with van der Waals surface area (Å²) >= 11 is 1.22. The fourth-order valence-corrected chi connectivity index (χ4v) is 4.15. The van der Waals surface area contributed by atoms with Crippen molar-refractivity contribution in [1.29, 1.82) is 0 Å². The van der Waals surface area contributed by atoms with Crippen LogP contribution in [0.15, 0.2) is 58.8 Å². The van der Waals surface area contributed by atoms with Gasteiger partial charge < -0.3 is 4.74 Å². The smallest absolute Gasteiger partial charge is 0.321 e. The molecule has 0 unspecified atom stereocenters. The zero-order chi connectivity index (χ0) is 22.4. The zero-order valence-corrected chi connectivity index (χ0v) is 17.9. The number of aryl methyl sites for hydroxylation is 1. The van der Waals surface area contributed by atoms with Gasteiger partial charge in [-0.1, -0.05) is 35.9 Å². The van der Waals surface area contributed by atoms with E-state index in [1.165, 1.54) is 23.5 Å². The van der Waals surface area contributed by atoms with Crippen LogP contribution < -0.4 is 10.0 Å². The van der Waals surface area contributed by atoms with Crippen LogP contribution in [0.3, 0.4) is 0 Å². The van der Waals surface area contributed by atoms with Gasteiger partial charge in [0.05, 0.1) is 10.6 Å². The fraction of sp³-hybridized carbons (Fsp3) is 0.150. The molecule has 31 heavy (non-hydrogen) atoms. The lowest BCUT2D eigenvalue weighted by Crippen LogP contribution is -2.32. The summed E-state index contributed by atoms with van der Waals surface area (Å²) in [7, 11) is -4.09. The Balaban J connectivity index is 1.46. The Kier molecular flexibility index (Phi) is 7.10. The highest BCUT2D eigenvalue weighted by atomic mass is 32.2. The molecule has 2 N–H and O–H groups in total. The number of anilines is 1. The average Bonchev–Trinajstić information content (AvgIpc) is 3.19. The molecule has 0 spiro atoms. The Morgan fingerprint density at radius 1 is 1.16 bits per heavy atom. The number of sulfonamides is 1. The second-order valence-electron chi connectivity index (χ2n) is 6.39. The van der Waals surface area contributed by atoms with E-state index >= 15 is 0 Å². The highest BCUT2D eigenvalue weighted by Crippen LogP contribution is 2.25. The number of halogens is 1. The van der Waals surface area contributed by atoms with Gasteiger partial charge in [-0.3, -0.25) is 14.9 Å². The summed E-state index contributed by atoms with van der Waals surface area (Å²) < 4.78 is 44.0. The van der Waals surface area contributed by atoms with E-state index in [1.807, 2.05) is 35.9 Å². The Hall–Kier alpha value is -3.15. The van der Waals surface area contributed by atoms with Gasteiger partial charge in [0.2, 0.25) is 10.0 Å². The summed E-state index contributed by atoms with van der Waals surface area (Å²) in [6.07, 6.45) is 0. The maximum absolute atomic E-state index is 13.2. The SMILES string of the molecule is Cc1ccc(-c2csc(NC(=O)COC(=O)CNS(=O)(=O)c3cccc(F)c3)n2)cc1. The van der Waals surface area contributed by atoms with Gasteiger partial charge >= 0.3 is 5.97 Å². The molecule has 0 bridgehead atoms. The van der Waals surface area contributed by atoms with E-state index in [0.29, 0.717) is 10.8 Å². The van der Waals surface area contributed by atoms with Crippen molar-refractivity contribution in [3.05, 3.63) is 65.3 Å². The van der Waals surface area contributed by atoms with Crippen molar-refractivity contribution in [3.8, 4) is 11.3 Å². The Morgan fingerprint density at radius 2 is 1.90 bits per heavy atom. The molecule has 162 valence electrons. The summed E-state index contributed by atoms with van der Waals surface area (Å²) in [6.45, 7) is 0.658. The molecule has 11 heteroatoms. The van der Waals surface area contributed by atoms with Crippen molar-refractivity contribution < 1.29 is 27.1 Å². The first-order valence-corrected chi connectivity index (χ1v) is 11.3. The molecular formula is C20H18FN3O5S2. The minimum Gasteiger partial charge on any atom is -0.455 e. The summed E-state index contributed by atoms with van der Waals surface area (Å²) in [6, 6.07) is 12.1. The number of ether oxygens (including phenoxy) is 1. The molecule has 0 aliphatic rings. The normalized spacial score (nSPS) is 11.2. The molecule has 2 aromatic carbocycles. The maximum atomic E-state index is 13.2. The Bertz CT molecular complexity index is 1190. The molecular weight excluding hydrogens is 445 g/mol. The zero-order valence-electron chi connectivity index (χ0n) is 16.3. The monoisotopic (exact) mass is 463 g/mol. The van der Waals surface area contributed by atoms with Gasteiger partial charge in [-0.25, -0.2) is 17.8 Å². The quantitative estimate of drug-likeness (QED) is 0.497. The van der Waals surface area contributed by atoms with Crippen molar-refractivity contribution in [1.82, 2.24) is 9.71 Å². The second kappa shape index (κ2) is 9.77. The van der Waals surface area contributed by atoms with Gasteiger partial charge in [0.25, 0.3) is 5.91 Å². The van der Waals surface area contributed by atoms with Crippen LogP contribution in [0, 0.1) is 12.7 Å². The lowest BCUT2D eigenvalue weighted by molar-refractivity contribution is -0.146. The molecule has 0 fully saturated rings. The number of carbonyl (C=O) groups is 2. The fourth-order valence-electron chi connectivity index (χ4n) is 2.41. The van der Waals surface area contributed by atoms with Crippen LogP contribution in [0.1, 0.15) is 5.56 Å². The number of rotatable bonds is 8. The van der Waals surface area contributed by atoms with Gasteiger partial charge in [-0.05, 0) is 25.1 Å². The molecule has 0 saturated carbocycles. The van der Waals surface area contributed by atoms with E-state index in [9.17, 15) is 22.4 Å². The van der Waals surface area contributed by atoms with Crippen LogP contribution in [-0.2, 0) is 24.3 Å². The van der Waals surface area contributed by atoms with Gasteiger partial charge in [0.15, 0.2) is 11.7 Å². The van der Waals surface area contributed by atoms with Gasteiger partial charge in [-0.2, -0.15) is 4.72 Å². The minimum absolute atomic E-state index is 0.328. The number of amides is 1. The number of nitrogens with zero attached hydrogens (tertiary/aromatic N) is 1. The predicted molar refractivity (Wildman–Crippen MR) is 113 cm³/mol. The molecule has 0 saturated heterocycles. The van der Waals surface area contributed by atoms with Crippen LogP contribution in [0.2, 0.25) is 0 Å². The van der Waals surface area contributed by atoms with Crippen LogP contribution in [0.5, 0.6) is 0 Å². The molecule has 1 aromatic heterocycles. The first-order chi connectivity index (χ1) is 14.7. The third-order valence-electron chi connectivity index (χ3n) is 3.98. The molecule has 1 amide bonds. The number of nitrogens with one attached hydrogen (secondary N) is 2. The number of hydrogen-bond donors (Lipinski definition) is 2. The van der Waals surface area contributed by atoms with Crippen molar-refractivity contribution >= 4 is 38.4 Å². The van der Waals surface area contributed by atoms with Crippen LogP contribution in [0.25, 0.3) is 11.3 Å². The first-order valence-electron chi connectivity index (χ1n) is 8.96. The summed E-state index contributed by atoms with van der Waals surface area (Å²) in [5.41, 5.74) is 2.72. The van der Waals surface area contributed by atoms with E-state index < -0.39 is 40.9 Å². The molecule has 1 heterocycles. The minimum atomic E-state index is -4.09. The average molecular weight is 464 g/mol. The van der Waals surface area contributed by atoms with E-state index in [4.69, 9.17) is 4.74 Å². The molecule has 0 aliphatic heterocycles. The molecule has 3 aromatic rings. The van der Waals surface area contributed by atoms with Crippen LogP contribution in [0.4, 0.5) is 9.52 Å². The second-order valence-corrected chi connectivity index (χ2v) is 9.02. The number of carbonyl (C=O) groups excluding carboxylic acids is 2. The summed E-state index contributed by atoms with van der Waals surface area (Å²) in [5.74, 6) is -2.31. The van der Waals surface area contributed by atoms with E-state index in [1.54, 1.807) is 5.38 Å². The predicted octanol–water partition coefficient (Wildman–Crippen LogP) is 2.72. The van der Waals surface area contributed by atoms with E-state index in [-0.39, 0.29) is 4.90 Å². The highest BCUT2D eigenvalue weighted by Gasteiger charge is 2.17. The highest BCUT2D eigenvalue weighted by molar-refractivity contribution is 7.89. The van der Waals surface area contributed by atoms with Crippen molar-refractivity contribution in [2.75, 3.05) is 18.5 Å². The number of esters is 1. The Morgan fingerprint density at radius 3 is 2.61 bits per heavy atom. The van der Waals surface area contributed by atoms with Gasteiger partial charge in [-0.15, -0.1) is 11.3 Å². The maximum Gasteiger partial charge on any atom is 0.321 e. The van der Waals surface area contributed by atoms with Crippen molar-refractivity contribution in [3.63, 3.8) is 0 Å². The van der Waals surface area contributed by atoms with Crippen molar-refractivity contribution in [2.45, 2.75) is 11.8 Å². The standard InChI is InChI=1S/C20H18FN3O5S2/c1-13-5-7-14(8-6-13)17-12-30-20(23-17)24-18(25)11-29-19(26)10-22-31(27,28)16-4-2-3-15(21)9-16/h2-9,12,22H,10-11H2,1H3,(H,23,24,25). The Labute approximate surface area is 182 Å². The topological polar surface area (TPSA) is 114 Å². The number of hydrogen-bond acceptors (Lipinski definition) is 7. The lowest BCUT2D eigenvalue weighted by atomic mass is 10.1. The van der Waals surface area contributed by atoms with Crippen molar-refractivity contribution in [2.24, 2.45) is 0 Å². The van der Waals surface area contributed by atoms with E-state index in [2.05, 4.69) is 10.3 Å². The molecule has 0 radical (unpaired) electrons. The molecule has 0 aliphatic carbocycles.